The van der Waals surface area contributed by atoms with Crippen molar-refractivity contribution < 1.29 is 4.79 Å². The number of likely N-dealkylation sites (N-methyl/N-ethyl adjacent to an activating group) is 1. The molecule has 16 heavy (non-hydrogen) atoms. The van der Waals surface area contributed by atoms with Crippen molar-refractivity contribution in [1.82, 2.24) is 4.90 Å². The van der Waals surface area contributed by atoms with Crippen molar-refractivity contribution in [1.29, 1.82) is 0 Å². The van der Waals surface area contributed by atoms with Crippen LogP contribution in [0.2, 0.25) is 0 Å². The Morgan fingerprint density at radius 1 is 1.25 bits per heavy atom. The van der Waals surface area contributed by atoms with Gasteiger partial charge in [0.1, 0.15) is 0 Å². The van der Waals surface area contributed by atoms with Gasteiger partial charge in [0.15, 0.2) is 0 Å². The van der Waals surface area contributed by atoms with Crippen LogP contribution in [0.1, 0.15) is 34.1 Å². The molecule has 2 nitrogen and oxygen atoms in total. The van der Waals surface area contributed by atoms with Gasteiger partial charge in [-0.1, -0.05) is 32.1 Å². The molecule has 0 aliphatic carbocycles. The second kappa shape index (κ2) is 7.91. The Bertz CT molecular complexity index is 298. The molecule has 0 N–H and O–H groups in total. The zero-order chi connectivity index (χ0) is 12.6. The van der Waals surface area contributed by atoms with Crippen LogP contribution in [0.4, 0.5) is 0 Å². The van der Waals surface area contributed by atoms with E-state index in [0.29, 0.717) is 12.3 Å². The Labute approximate surface area is 99.3 Å². The SMILES string of the molecule is C/C=C/C=C(\C=C\C)N(C)C(=O)CC(C)C. The highest BCUT2D eigenvalue weighted by Crippen LogP contribution is 2.10. The minimum atomic E-state index is 0.156. The molecule has 0 aromatic carbocycles. The molecule has 0 aromatic heterocycles. The lowest BCUT2D eigenvalue weighted by atomic mass is 10.1. The Kier molecular flexibility index (Phi) is 7.27. The fraction of sp³-hybridized carbons (Fsp3) is 0.500. The van der Waals surface area contributed by atoms with E-state index in [1.54, 1.807) is 4.90 Å². The highest BCUT2D eigenvalue weighted by atomic mass is 16.2. The number of nitrogens with zero attached hydrogens (tertiary/aromatic N) is 1. The van der Waals surface area contributed by atoms with E-state index in [1.165, 1.54) is 0 Å². The molecule has 0 unspecified atom stereocenters. The molecule has 2 heteroatoms. The molecule has 90 valence electrons. The molecule has 0 atom stereocenters. The summed E-state index contributed by atoms with van der Waals surface area (Å²) in [5, 5.41) is 0. The maximum atomic E-state index is 11.9. The molecule has 0 aliphatic rings. The van der Waals surface area contributed by atoms with E-state index in [0.717, 1.165) is 5.70 Å². The summed E-state index contributed by atoms with van der Waals surface area (Å²) in [7, 11) is 1.82. The number of rotatable bonds is 5. The van der Waals surface area contributed by atoms with Crippen LogP contribution in [0, 0.1) is 5.92 Å². The second-order valence-electron chi connectivity index (χ2n) is 4.17. The molecule has 0 saturated heterocycles. The fourth-order valence-corrected chi connectivity index (χ4v) is 1.27. The van der Waals surface area contributed by atoms with Gasteiger partial charge in [0.25, 0.3) is 0 Å². The first kappa shape index (κ1) is 14.7. The van der Waals surface area contributed by atoms with Gasteiger partial charge >= 0.3 is 0 Å². The smallest absolute Gasteiger partial charge is 0.226 e. The zero-order valence-electron chi connectivity index (χ0n) is 11.0. The van der Waals surface area contributed by atoms with Crippen LogP contribution in [-0.2, 0) is 4.79 Å². The molecule has 0 heterocycles. The third-order valence-corrected chi connectivity index (χ3v) is 2.14. The third-order valence-electron chi connectivity index (χ3n) is 2.14. The monoisotopic (exact) mass is 221 g/mol. The molecular weight excluding hydrogens is 198 g/mol. The van der Waals surface area contributed by atoms with Gasteiger partial charge in [-0.2, -0.15) is 0 Å². The molecule has 0 fully saturated rings. The minimum absolute atomic E-state index is 0.156. The van der Waals surface area contributed by atoms with Gasteiger partial charge in [-0.25, -0.2) is 0 Å². The second-order valence-corrected chi connectivity index (χ2v) is 4.17. The van der Waals surface area contributed by atoms with Crippen molar-refractivity contribution in [3.63, 3.8) is 0 Å². The summed E-state index contributed by atoms with van der Waals surface area (Å²) in [5.74, 6) is 0.548. The van der Waals surface area contributed by atoms with Gasteiger partial charge in [0.05, 0.1) is 0 Å². The molecule has 0 saturated carbocycles. The summed E-state index contributed by atoms with van der Waals surface area (Å²) in [4.78, 5) is 13.6. The van der Waals surface area contributed by atoms with Crippen LogP contribution in [0.3, 0.4) is 0 Å². The normalized spacial score (nSPS) is 13.0. The molecule has 0 bridgehead atoms. The summed E-state index contributed by atoms with van der Waals surface area (Å²) in [6, 6.07) is 0. The average Bonchev–Trinajstić information content (AvgIpc) is 2.22. The van der Waals surface area contributed by atoms with Crippen LogP contribution < -0.4 is 0 Å². The Morgan fingerprint density at radius 3 is 2.31 bits per heavy atom. The Morgan fingerprint density at radius 2 is 1.88 bits per heavy atom. The van der Waals surface area contributed by atoms with Gasteiger partial charge < -0.3 is 4.90 Å². The highest BCUT2D eigenvalue weighted by molar-refractivity contribution is 5.78. The molecule has 0 aromatic rings. The van der Waals surface area contributed by atoms with E-state index in [4.69, 9.17) is 0 Å². The van der Waals surface area contributed by atoms with Gasteiger partial charge in [0.2, 0.25) is 5.91 Å². The van der Waals surface area contributed by atoms with E-state index in [2.05, 4.69) is 13.8 Å². The van der Waals surface area contributed by atoms with Gasteiger partial charge in [-0.15, -0.1) is 0 Å². The number of carbonyl (C=O) groups is 1. The lowest BCUT2D eigenvalue weighted by molar-refractivity contribution is -0.128. The van der Waals surface area contributed by atoms with Crippen LogP contribution >= 0.6 is 0 Å². The minimum Gasteiger partial charge on any atom is -0.316 e. The highest BCUT2D eigenvalue weighted by Gasteiger charge is 2.12. The van der Waals surface area contributed by atoms with Crippen LogP contribution in [0.15, 0.2) is 36.1 Å². The van der Waals surface area contributed by atoms with E-state index < -0.39 is 0 Å². The van der Waals surface area contributed by atoms with Crippen molar-refractivity contribution in [2.24, 2.45) is 5.92 Å². The third kappa shape index (κ3) is 5.54. The van der Waals surface area contributed by atoms with Crippen molar-refractivity contribution in [2.45, 2.75) is 34.1 Å². The first-order valence-electron chi connectivity index (χ1n) is 5.75. The summed E-state index contributed by atoms with van der Waals surface area (Å²) < 4.78 is 0. The van der Waals surface area contributed by atoms with Crippen LogP contribution in [-0.4, -0.2) is 17.9 Å². The van der Waals surface area contributed by atoms with Gasteiger partial charge in [0, 0.05) is 19.2 Å². The average molecular weight is 221 g/mol. The Hall–Kier alpha value is -1.31. The number of hydrogen-bond donors (Lipinski definition) is 0. The maximum Gasteiger partial charge on any atom is 0.226 e. The van der Waals surface area contributed by atoms with E-state index in [-0.39, 0.29) is 5.91 Å². The fourth-order valence-electron chi connectivity index (χ4n) is 1.27. The van der Waals surface area contributed by atoms with Gasteiger partial charge in [-0.05, 0) is 31.9 Å². The lowest BCUT2D eigenvalue weighted by Gasteiger charge is -2.19. The van der Waals surface area contributed by atoms with Crippen molar-refractivity contribution >= 4 is 5.91 Å². The van der Waals surface area contributed by atoms with Crippen molar-refractivity contribution in [2.75, 3.05) is 7.05 Å². The van der Waals surface area contributed by atoms with Crippen LogP contribution in [0.25, 0.3) is 0 Å². The van der Waals surface area contributed by atoms with Gasteiger partial charge in [-0.3, -0.25) is 4.79 Å². The predicted octanol–water partition coefficient (Wildman–Crippen LogP) is 3.53. The topological polar surface area (TPSA) is 20.3 Å². The van der Waals surface area contributed by atoms with Crippen LogP contribution in [0.5, 0.6) is 0 Å². The molecule has 0 radical (unpaired) electrons. The molecule has 0 aliphatic heterocycles. The molecule has 1 amide bonds. The molecule has 0 spiro atoms. The predicted molar refractivity (Wildman–Crippen MR) is 69.9 cm³/mol. The Balaban J connectivity index is 4.74. The number of amides is 1. The first-order valence-corrected chi connectivity index (χ1v) is 5.75. The summed E-state index contributed by atoms with van der Waals surface area (Å²) in [5.41, 5.74) is 0.922. The number of allylic oxidation sites excluding steroid dienone is 5. The molecular formula is C14H23NO. The number of carbonyl (C=O) groups excluding carboxylic acids is 1. The molecule has 0 rings (SSSR count). The van der Waals surface area contributed by atoms with E-state index in [1.807, 2.05) is 51.3 Å². The largest absolute Gasteiger partial charge is 0.316 e. The lowest BCUT2D eigenvalue weighted by Crippen LogP contribution is -2.26. The quantitative estimate of drug-likeness (QED) is 0.650. The first-order chi connectivity index (χ1) is 7.52. The van der Waals surface area contributed by atoms with Crippen molar-refractivity contribution in [3.05, 3.63) is 36.1 Å². The van der Waals surface area contributed by atoms with Crippen molar-refractivity contribution in [3.8, 4) is 0 Å². The summed E-state index contributed by atoms with van der Waals surface area (Å²) in [6.45, 7) is 8.01. The summed E-state index contributed by atoms with van der Waals surface area (Å²) in [6.07, 6.45) is 10.3. The summed E-state index contributed by atoms with van der Waals surface area (Å²) >= 11 is 0. The van der Waals surface area contributed by atoms with E-state index in [9.17, 15) is 4.79 Å². The zero-order valence-corrected chi connectivity index (χ0v) is 11.0. The number of hydrogen-bond acceptors (Lipinski definition) is 1. The van der Waals surface area contributed by atoms with E-state index >= 15 is 0 Å². The maximum absolute atomic E-state index is 11.9. The standard InChI is InChI=1S/C14H23NO/c1-6-8-10-13(9-7-2)15(5)14(16)11-12(3)4/h6-10,12H,11H2,1-5H3/b8-6+,9-7+,13-10+.